The van der Waals surface area contributed by atoms with E-state index in [1.54, 1.807) is 29.6 Å². The van der Waals surface area contributed by atoms with Gasteiger partial charge in [0.25, 0.3) is 5.91 Å². The topological polar surface area (TPSA) is 63.2 Å². The summed E-state index contributed by atoms with van der Waals surface area (Å²) in [6.07, 6.45) is 0. The second-order valence-electron chi connectivity index (χ2n) is 5.66. The first kappa shape index (κ1) is 18.9. The standard InChI is InChI=1S/C19H16FN3O2S2/c1-11-3-5-12(6-4-11)17(24)22-18(26)23-19-21-15(10-27-19)13-7-8-16(25-2)14(20)9-13/h3-10H,1-2H3,(H2,21,22,23,24,26). The summed E-state index contributed by atoms with van der Waals surface area (Å²) in [5, 5.41) is 7.89. The molecule has 0 bridgehead atoms. The Morgan fingerprint density at radius 1 is 1.22 bits per heavy atom. The van der Waals surface area contributed by atoms with Gasteiger partial charge in [-0.3, -0.25) is 10.1 Å². The fourth-order valence-electron chi connectivity index (χ4n) is 2.30. The van der Waals surface area contributed by atoms with E-state index in [2.05, 4.69) is 15.6 Å². The van der Waals surface area contributed by atoms with E-state index in [9.17, 15) is 9.18 Å². The molecule has 0 saturated carbocycles. The molecule has 27 heavy (non-hydrogen) atoms. The Morgan fingerprint density at radius 3 is 2.63 bits per heavy atom. The number of hydrogen-bond acceptors (Lipinski definition) is 5. The predicted molar refractivity (Wildman–Crippen MR) is 109 cm³/mol. The van der Waals surface area contributed by atoms with Crippen molar-refractivity contribution < 1.29 is 13.9 Å². The molecule has 2 aromatic carbocycles. The number of aromatic nitrogens is 1. The van der Waals surface area contributed by atoms with E-state index in [1.165, 1.54) is 24.5 Å². The van der Waals surface area contributed by atoms with Crippen LogP contribution in [0, 0.1) is 12.7 Å². The van der Waals surface area contributed by atoms with Crippen molar-refractivity contribution >= 4 is 39.7 Å². The number of methoxy groups -OCH3 is 1. The number of nitrogens with one attached hydrogen (secondary N) is 2. The Kier molecular flexibility index (Phi) is 5.78. The first-order valence-electron chi connectivity index (χ1n) is 7.94. The summed E-state index contributed by atoms with van der Waals surface area (Å²) < 4.78 is 18.8. The molecule has 0 atom stereocenters. The molecule has 0 spiro atoms. The van der Waals surface area contributed by atoms with Crippen LogP contribution >= 0.6 is 23.6 Å². The van der Waals surface area contributed by atoms with Gasteiger partial charge in [0, 0.05) is 16.5 Å². The summed E-state index contributed by atoms with van der Waals surface area (Å²) in [7, 11) is 1.41. The van der Waals surface area contributed by atoms with E-state index in [0.717, 1.165) is 5.56 Å². The van der Waals surface area contributed by atoms with Crippen LogP contribution in [-0.4, -0.2) is 23.1 Å². The molecule has 0 fully saturated rings. The zero-order valence-electron chi connectivity index (χ0n) is 14.6. The van der Waals surface area contributed by atoms with Crippen LogP contribution in [0.3, 0.4) is 0 Å². The molecule has 0 aliphatic heterocycles. The van der Waals surface area contributed by atoms with Crippen molar-refractivity contribution in [3.8, 4) is 17.0 Å². The van der Waals surface area contributed by atoms with Crippen LogP contribution in [-0.2, 0) is 0 Å². The highest BCUT2D eigenvalue weighted by Gasteiger charge is 2.11. The van der Waals surface area contributed by atoms with Crippen LogP contribution in [0.2, 0.25) is 0 Å². The van der Waals surface area contributed by atoms with E-state index in [1.807, 2.05) is 19.1 Å². The molecule has 5 nitrogen and oxygen atoms in total. The highest BCUT2D eigenvalue weighted by Crippen LogP contribution is 2.28. The molecule has 0 aliphatic rings. The number of thiocarbonyl (C=S) groups is 1. The van der Waals surface area contributed by atoms with Gasteiger partial charge in [-0.25, -0.2) is 9.37 Å². The first-order valence-corrected chi connectivity index (χ1v) is 9.23. The average molecular weight is 401 g/mol. The number of aryl methyl sites for hydroxylation is 1. The number of nitrogens with zero attached hydrogens (tertiary/aromatic N) is 1. The first-order chi connectivity index (χ1) is 13.0. The minimum Gasteiger partial charge on any atom is -0.494 e. The van der Waals surface area contributed by atoms with Crippen LogP contribution < -0.4 is 15.4 Å². The molecule has 0 unspecified atom stereocenters. The monoisotopic (exact) mass is 401 g/mol. The minimum absolute atomic E-state index is 0.141. The van der Waals surface area contributed by atoms with E-state index in [0.29, 0.717) is 22.0 Å². The average Bonchev–Trinajstić information content (AvgIpc) is 3.10. The van der Waals surface area contributed by atoms with E-state index in [-0.39, 0.29) is 16.8 Å². The van der Waals surface area contributed by atoms with E-state index >= 15 is 0 Å². The van der Waals surface area contributed by atoms with Crippen molar-refractivity contribution in [1.29, 1.82) is 0 Å². The number of ether oxygens (including phenoxy) is 1. The van der Waals surface area contributed by atoms with Crippen molar-refractivity contribution in [2.75, 3.05) is 12.4 Å². The van der Waals surface area contributed by atoms with Gasteiger partial charge in [0.15, 0.2) is 21.8 Å². The summed E-state index contributed by atoms with van der Waals surface area (Å²) >= 11 is 6.46. The van der Waals surface area contributed by atoms with Crippen LogP contribution in [0.15, 0.2) is 47.8 Å². The van der Waals surface area contributed by atoms with Crippen LogP contribution in [0.25, 0.3) is 11.3 Å². The minimum atomic E-state index is -0.460. The maximum atomic E-state index is 13.8. The Labute approximate surface area is 165 Å². The maximum absolute atomic E-state index is 13.8. The Balaban J connectivity index is 1.65. The molecule has 1 amide bonds. The van der Waals surface area contributed by atoms with Crippen molar-refractivity contribution in [2.24, 2.45) is 0 Å². The van der Waals surface area contributed by atoms with Gasteiger partial charge in [-0.1, -0.05) is 17.7 Å². The van der Waals surface area contributed by atoms with Gasteiger partial charge in [0.05, 0.1) is 12.8 Å². The molecule has 0 saturated heterocycles. The number of rotatable bonds is 4. The fraction of sp³-hybridized carbons (Fsp3) is 0.105. The van der Waals surface area contributed by atoms with Crippen molar-refractivity contribution in [2.45, 2.75) is 6.92 Å². The molecule has 3 aromatic rings. The largest absolute Gasteiger partial charge is 0.494 e. The molecule has 1 heterocycles. The summed E-state index contributed by atoms with van der Waals surface area (Å²) in [5.74, 6) is -0.591. The normalized spacial score (nSPS) is 10.3. The zero-order valence-corrected chi connectivity index (χ0v) is 16.2. The number of carbonyl (C=O) groups excluding carboxylic acids is 1. The lowest BCUT2D eigenvalue weighted by Gasteiger charge is -2.07. The molecule has 3 rings (SSSR count). The third-order valence-electron chi connectivity index (χ3n) is 3.71. The number of carbonyl (C=O) groups is 1. The molecule has 138 valence electrons. The van der Waals surface area contributed by atoms with Crippen LogP contribution in [0.5, 0.6) is 5.75 Å². The molecule has 8 heteroatoms. The smallest absolute Gasteiger partial charge is 0.257 e. The van der Waals surface area contributed by atoms with Crippen molar-refractivity contribution in [3.05, 3.63) is 64.8 Å². The summed E-state index contributed by atoms with van der Waals surface area (Å²) in [4.78, 5) is 16.5. The lowest BCUT2D eigenvalue weighted by molar-refractivity contribution is 0.0977. The lowest BCUT2D eigenvalue weighted by Crippen LogP contribution is -2.34. The second-order valence-corrected chi connectivity index (χ2v) is 6.93. The van der Waals surface area contributed by atoms with Gasteiger partial charge in [0.1, 0.15) is 0 Å². The number of benzene rings is 2. The summed E-state index contributed by atoms with van der Waals surface area (Å²) in [6.45, 7) is 1.95. The number of amides is 1. The van der Waals surface area contributed by atoms with E-state index < -0.39 is 5.82 Å². The Morgan fingerprint density at radius 2 is 1.96 bits per heavy atom. The molecule has 2 N–H and O–H groups in total. The van der Waals surface area contributed by atoms with E-state index in [4.69, 9.17) is 17.0 Å². The third-order valence-corrected chi connectivity index (χ3v) is 4.67. The van der Waals surface area contributed by atoms with Gasteiger partial charge in [-0.05, 0) is 49.5 Å². The number of anilines is 1. The van der Waals surface area contributed by atoms with Gasteiger partial charge >= 0.3 is 0 Å². The van der Waals surface area contributed by atoms with Gasteiger partial charge in [0.2, 0.25) is 0 Å². The maximum Gasteiger partial charge on any atom is 0.257 e. The molecule has 0 radical (unpaired) electrons. The van der Waals surface area contributed by atoms with Gasteiger partial charge in [-0.15, -0.1) is 11.3 Å². The third kappa shape index (κ3) is 4.66. The highest BCUT2D eigenvalue weighted by molar-refractivity contribution is 7.80. The molecular weight excluding hydrogens is 385 g/mol. The summed E-state index contributed by atoms with van der Waals surface area (Å²) in [5.41, 5.74) is 2.79. The Bertz CT molecular complexity index is 987. The van der Waals surface area contributed by atoms with Crippen molar-refractivity contribution in [1.82, 2.24) is 10.3 Å². The number of thiazole rings is 1. The van der Waals surface area contributed by atoms with Gasteiger partial charge in [-0.2, -0.15) is 0 Å². The fourth-order valence-corrected chi connectivity index (χ4v) is 3.28. The Hall–Kier alpha value is -2.84. The SMILES string of the molecule is COc1ccc(-c2csc(NC(=S)NC(=O)c3ccc(C)cc3)n2)cc1F. The molecule has 1 aromatic heterocycles. The lowest BCUT2D eigenvalue weighted by atomic mass is 10.1. The zero-order chi connectivity index (χ0) is 19.4. The predicted octanol–water partition coefficient (Wildman–Crippen LogP) is 4.39. The number of hydrogen-bond donors (Lipinski definition) is 2. The van der Waals surface area contributed by atoms with Crippen LogP contribution in [0.1, 0.15) is 15.9 Å². The second kappa shape index (κ2) is 8.24. The summed E-state index contributed by atoms with van der Waals surface area (Å²) in [6, 6.07) is 11.8. The number of halogens is 1. The van der Waals surface area contributed by atoms with Gasteiger partial charge < -0.3 is 10.1 Å². The highest BCUT2D eigenvalue weighted by atomic mass is 32.1. The van der Waals surface area contributed by atoms with Crippen LogP contribution in [0.4, 0.5) is 9.52 Å². The quantitative estimate of drug-likeness (QED) is 0.635. The van der Waals surface area contributed by atoms with Crippen molar-refractivity contribution in [3.63, 3.8) is 0 Å². The molecular formula is C19H16FN3O2S2. The molecule has 0 aliphatic carbocycles.